The van der Waals surface area contributed by atoms with Gasteiger partial charge >= 0.3 is 0 Å². The van der Waals surface area contributed by atoms with E-state index >= 15 is 0 Å². The first-order valence-electron chi connectivity index (χ1n) is 8.74. The van der Waals surface area contributed by atoms with E-state index in [9.17, 15) is 13.2 Å². The molecule has 1 amide bonds. The maximum Gasteiger partial charge on any atom is 0.252 e. The van der Waals surface area contributed by atoms with Gasteiger partial charge < -0.3 is 10.1 Å². The fraction of sp³-hybridized carbons (Fsp3) is 0.389. The van der Waals surface area contributed by atoms with Gasteiger partial charge in [-0.2, -0.15) is 4.31 Å². The molecule has 152 valence electrons. The van der Waals surface area contributed by atoms with E-state index in [0.717, 1.165) is 10.4 Å². The summed E-state index contributed by atoms with van der Waals surface area (Å²) in [5.74, 6) is -0.137. The van der Waals surface area contributed by atoms with Crippen molar-refractivity contribution in [3.05, 3.63) is 50.8 Å². The Morgan fingerprint density at radius 3 is 2.68 bits per heavy atom. The molecule has 10 heteroatoms. The zero-order chi connectivity index (χ0) is 20.1. The van der Waals surface area contributed by atoms with Crippen molar-refractivity contribution in [3.63, 3.8) is 0 Å². The summed E-state index contributed by atoms with van der Waals surface area (Å²) in [6, 6.07) is 8.65. The predicted octanol–water partition coefficient (Wildman–Crippen LogP) is 3.32. The third-order valence-electron chi connectivity index (χ3n) is 4.31. The number of aryl methyl sites for hydroxylation is 1. The average molecular weight is 463 g/mol. The molecule has 1 aromatic heterocycles. The summed E-state index contributed by atoms with van der Waals surface area (Å²) in [4.78, 5) is 12.9. The second-order valence-corrected chi connectivity index (χ2v) is 10.3. The largest absolute Gasteiger partial charge is 0.379 e. The number of hydrogen-bond acceptors (Lipinski definition) is 5. The molecule has 0 radical (unpaired) electrons. The highest BCUT2D eigenvalue weighted by Crippen LogP contribution is 2.27. The minimum atomic E-state index is -3.50. The number of amides is 1. The Morgan fingerprint density at radius 1 is 1.18 bits per heavy atom. The molecule has 0 unspecified atom stereocenters. The fourth-order valence-electron chi connectivity index (χ4n) is 2.77. The molecule has 0 saturated carbocycles. The second-order valence-electron chi connectivity index (χ2n) is 6.23. The van der Waals surface area contributed by atoms with E-state index in [1.807, 2.05) is 6.07 Å². The number of hydrogen-bond donors (Lipinski definition) is 1. The standard InChI is InChI=1S/C18H20Cl2N2O4S2/c19-15-3-1-2-13(18(15)20)4-6-16(23)21-12-14-5-7-17(27-14)28(24,25)22-8-10-26-11-9-22/h1-3,5,7H,4,6,8-12H2,(H,21,23). The van der Waals surface area contributed by atoms with Gasteiger partial charge in [0.2, 0.25) is 5.91 Å². The van der Waals surface area contributed by atoms with Crippen molar-refractivity contribution in [1.29, 1.82) is 0 Å². The first-order valence-corrected chi connectivity index (χ1v) is 11.8. The molecule has 0 aliphatic carbocycles. The molecule has 1 aromatic carbocycles. The Morgan fingerprint density at radius 2 is 1.93 bits per heavy atom. The number of carbonyl (C=O) groups is 1. The van der Waals surface area contributed by atoms with Crippen molar-refractivity contribution >= 4 is 50.5 Å². The van der Waals surface area contributed by atoms with Crippen molar-refractivity contribution in [2.75, 3.05) is 26.3 Å². The first-order chi connectivity index (χ1) is 13.4. The molecule has 6 nitrogen and oxygen atoms in total. The van der Waals surface area contributed by atoms with Gasteiger partial charge in [0.15, 0.2) is 0 Å². The Bertz CT molecular complexity index is 941. The molecule has 0 spiro atoms. The predicted molar refractivity (Wildman–Crippen MR) is 111 cm³/mol. The van der Waals surface area contributed by atoms with Gasteiger partial charge in [0, 0.05) is 24.4 Å². The molecule has 2 aromatic rings. The number of nitrogens with one attached hydrogen (secondary N) is 1. The number of nitrogens with zero attached hydrogens (tertiary/aromatic N) is 1. The van der Waals surface area contributed by atoms with E-state index in [0.29, 0.717) is 42.8 Å². The van der Waals surface area contributed by atoms with Crippen molar-refractivity contribution in [3.8, 4) is 0 Å². The summed E-state index contributed by atoms with van der Waals surface area (Å²) < 4.78 is 32.2. The van der Waals surface area contributed by atoms with Crippen LogP contribution in [-0.4, -0.2) is 44.9 Å². The molecule has 28 heavy (non-hydrogen) atoms. The van der Waals surface area contributed by atoms with E-state index in [4.69, 9.17) is 27.9 Å². The smallest absolute Gasteiger partial charge is 0.252 e. The average Bonchev–Trinajstić information content (AvgIpc) is 3.18. The first kappa shape index (κ1) is 21.5. The molecule has 1 N–H and O–H groups in total. The number of carbonyl (C=O) groups excluding carboxylic acids is 1. The number of morpholine rings is 1. The third kappa shape index (κ3) is 5.25. The lowest BCUT2D eigenvalue weighted by Gasteiger charge is -2.25. The highest BCUT2D eigenvalue weighted by atomic mass is 35.5. The topological polar surface area (TPSA) is 75.7 Å². The molecule has 3 rings (SSSR count). The van der Waals surface area contributed by atoms with Crippen LogP contribution >= 0.6 is 34.5 Å². The lowest BCUT2D eigenvalue weighted by atomic mass is 10.1. The molecule has 0 bridgehead atoms. The van der Waals surface area contributed by atoms with Crippen LogP contribution in [0.4, 0.5) is 0 Å². The van der Waals surface area contributed by atoms with Gasteiger partial charge in [0.25, 0.3) is 10.0 Å². The van der Waals surface area contributed by atoms with E-state index < -0.39 is 10.0 Å². The number of sulfonamides is 1. The molecular formula is C18H20Cl2N2O4S2. The van der Waals surface area contributed by atoms with Crippen molar-refractivity contribution in [2.24, 2.45) is 0 Å². The lowest BCUT2D eigenvalue weighted by Crippen LogP contribution is -2.40. The van der Waals surface area contributed by atoms with Crippen molar-refractivity contribution < 1.29 is 17.9 Å². The molecule has 2 heterocycles. The molecule has 1 saturated heterocycles. The van der Waals surface area contributed by atoms with Crippen molar-refractivity contribution in [1.82, 2.24) is 9.62 Å². The van der Waals surface area contributed by atoms with Crippen LogP contribution in [0, 0.1) is 0 Å². The Kier molecular flexibility index (Phi) is 7.36. The van der Waals surface area contributed by atoms with Crippen LogP contribution in [0.5, 0.6) is 0 Å². The minimum Gasteiger partial charge on any atom is -0.379 e. The number of halogens is 2. The van der Waals surface area contributed by atoms with Gasteiger partial charge in [-0.15, -0.1) is 11.3 Å². The van der Waals surface area contributed by atoms with Crippen LogP contribution in [0.3, 0.4) is 0 Å². The highest BCUT2D eigenvalue weighted by molar-refractivity contribution is 7.91. The van der Waals surface area contributed by atoms with Crippen LogP contribution in [-0.2, 0) is 32.5 Å². The lowest BCUT2D eigenvalue weighted by molar-refractivity contribution is -0.121. The number of thiophene rings is 1. The van der Waals surface area contributed by atoms with E-state index in [2.05, 4.69) is 5.32 Å². The van der Waals surface area contributed by atoms with Crippen LogP contribution in [0.1, 0.15) is 16.9 Å². The van der Waals surface area contributed by atoms with E-state index in [-0.39, 0.29) is 23.1 Å². The Balaban J connectivity index is 1.52. The van der Waals surface area contributed by atoms with Gasteiger partial charge in [0.05, 0.1) is 29.8 Å². The Labute approximate surface area is 178 Å². The van der Waals surface area contributed by atoms with Crippen LogP contribution in [0.15, 0.2) is 34.5 Å². The molecule has 1 aliphatic rings. The normalized spacial score (nSPS) is 15.5. The molecular weight excluding hydrogens is 443 g/mol. The minimum absolute atomic E-state index is 0.137. The van der Waals surface area contributed by atoms with Crippen LogP contribution < -0.4 is 5.32 Å². The van der Waals surface area contributed by atoms with Gasteiger partial charge in [-0.3, -0.25) is 4.79 Å². The van der Waals surface area contributed by atoms with Gasteiger partial charge in [-0.05, 0) is 30.2 Å². The SMILES string of the molecule is O=C(CCc1cccc(Cl)c1Cl)NCc1ccc(S(=O)(=O)N2CCOCC2)s1. The maximum absolute atomic E-state index is 12.6. The van der Waals surface area contributed by atoms with Crippen LogP contribution in [0.2, 0.25) is 10.0 Å². The monoisotopic (exact) mass is 462 g/mol. The summed E-state index contributed by atoms with van der Waals surface area (Å²) in [6.07, 6.45) is 0.747. The van der Waals surface area contributed by atoms with E-state index in [1.165, 1.54) is 15.6 Å². The summed E-state index contributed by atoms with van der Waals surface area (Å²) >= 11 is 13.3. The second kappa shape index (κ2) is 9.56. The van der Waals surface area contributed by atoms with Gasteiger partial charge in [-0.1, -0.05) is 35.3 Å². The van der Waals surface area contributed by atoms with Crippen LogP contribution in [0.25, 0.3) is 0 Å². The van der Waals surface area contributed by atoms with Crippen molar-refractivity contribution in [2.45, 2.75) is 23.6 Å². The zero-order valence-electron chi connectivity index (χ0n) is 15.0. The summed E-state index contributed by atoms with van der Waals surface area (Å²) in [5.41, 5.74) is 0.819. The van der Waals surface area contributed by atoms with Gasteiger partial charge in [-0.25, -0.2) is 8.42 Å². The molecule has 1 aliphatic heterocycles. The third-order valence-corrected chi connectivity index (χ3v) is 8.62. The molecule has 1 fully saturated rings. The summed E-state index contributed by atoms with van der Waals surface area (Å²) in [5, 5.41) is 3.75. The maximum atomic E-state index is 12.6. The fourth-order valence-corrected chi connectivity index (χ4v) is 6.04. The highest BCUT2D eigenvalue weighted by Gasteiger charge is 2.27. The quantitative estimate of drug-likeness (QED) is 0.684. The van der Waals surface area contributed by atoms with Gasteiger partial charge in [0.1, 0.15) is 4.21 Å². The number of rotatable bonds is 7. The van der Waals surface area contributed by atoms with E-state index in [1.54, 1.807) is 24.3 Å². The number of benzene rings is 1. The summed E-state index contributed by atoms with van der Waals surface area (Å²) in [7, 11) is -3.50. The zero-order valence-corrected chi connectivity index (χ0v) is 18.1. The summed E-state index contributed by atoms with van der Waals surface area (Å²) in [6.45, 7) is 1.82. The molecule has 0 atom stereocenters. The Hall–Kier alpha value is -1.16. The number of ether oxygens (including phenoxy) is 1.